The van der Waals surface area contributed by atoms with Gasteiger partial charge in [-0.15, -0.1) is 0 Å². The number of nitrogens with one attached hydrogen (secondary N) is 1. The summed E-state index contributed by atoms with van der Waals surface area (Å²) in [6, 6.07) is 6.23. The van der Waals surface area contributed by atoms with Crippen molar-refractivity contribution in [3.8, 4) is 0 Å². The van der Waals surface area contributed by atoms with Crippen LogP contribution in [0.2, 0.25) is 5.02 Å². The minimum absolute atomic E-state index is 0.335. The highest BCUT2D eigenvalue weighted by molar-refractivity contribution is 6.33. The van der Waals surface area contributed by atoms with Crippen LogP contribution in [0.15, 0.2) is 18.2 Å². The average molecular weight is 279 g/mol. The minimum Gasteiger partial charge on any atom is -0.368 e. The van der Waals surface area contributed by atoms with Gasteiger partial charge in [0.2, 0.25) is 0 Å². The van der Waals surface area contributed by atoms with Gasteiger partial charge in [-0.1, -0.05) is 36.6 Å². The van der Waals surface area contributed by atoms with Crippen molar-refractivity contribution in [2.24, 2.45) is 0 Å². The van der Waals surface area contributed by atoms with Crippen LogP contribution >= 0.6 is 11.6 Å². The van der Waals surface area contributed by atoms with E-state index in [1.54, 1.807) is 0 Å². The van der Waals surface area contributed by atoms with E-state index in [0.717, 1.165) is 24.7 Å². The van der Waals surface area contributed by atoms with E-state index in [-0.39, 0.29) is 0 Å². The molecule has 2 nitrogen and oxygen atoms in total. The van der Waals surface area contributed by atoms with Crippen molar-refractivity contribution in [2.75, 3.05) is 24.5 Å². The highest BCUT2D eigenvalue weighted by Crippen LogP contribution is 2.36. The summed E-state index contributed by atoms with van der Waals surface area (Å²) in [5, 5.41) is 4.71. The first-order valence-corrected chi connectivity index (χ1v) is 7.83. The highest BCUT2D eigenvalue weighted by atomic mass is 35.5. The smallest absolute Gasteiger partial charge is 0.0642 e. The van der Waals surface area contributed by atoms with E-state index in [4.69, 9.17) is 11.6 Å². The van der Waals surface area contributed by atoms with Crippen LogP contribution in [0.4, 0.5) is 5.69 Å². The Kier molecular flexibility index (Phi) is 3.72. The molecule has 2 aliphatic rings. The molecule has 1 aliphatic carbocycles. The summed E-state index contributed by atoms with van der Waals surface area (Å²) in [6.07, 6.45) is 6.55. The number of nitrogens with zero attached hydrogens (tertiary/aromatic N) is 1. The normalized spacial score (nSPS) is 22.7. The van der Waals surface area contributed by atoms with E-state index >= 15 is 0 Å². The predicted octanol–water partition coefficient (Wildman–Crippen LogP) is 3.76. The third-order valence-corrected chi connectivity index (χ3v) is 4.97. The van der Waals surface area contributed by atoms with Crippen LogP contribution in [0.3, 0.4) is 0 Å². The predicted molar refractivity (Wildman–Crippen MR) is 82.2 cm³/mol. The van der Waals surface area contributed by atoms with Crippen molar-refractivity contribution in [3.63, 3.8) is 0 Å². The van der Waals surface area contributed by atoms with Gasteiger partial charge in [0.15, 0.2) is 0 Å². The molecule has 19 heavy (non-hydrogen) atoms. The van der Waals surface area contributed by atoms with Crippen molar-refractivity contribution in [3.05, 3.63) is 28.8 Å². The largest absolute Gasteiger partial charge is 0.368 e. The maximum Gasteiger partial charge on any atom is 0.0642 e. The Balaban J connectivity index is 1.90. The van der Waals surface area contributed by atoms with Crippen LogP contribution in [-0.4, -0.2) is 25.2 Å². The summed E-state index contributed by atoms with van der Waals surface area (Å²) < 4.78 is 0. The summed E-state index contributed by atoms with van der Waals surface area (Å²) in [7, 11) is 0. The second kappa shape index (κ2) is 5.34. The molecule has 0 atom stereocenters. The van der Waals surface area contributed by atoms with Gasteiger partial charge in [-0.2, -0.15) is 0 Å². The molecule has 0 bridgehead atoms. The van der Waals surface area contributed by atoms with E-state index in [1.807, 2.05) is 12.1 Å². The topological polar surface area (TPSA) is 15.3 Å². The second-order valence-electron chi connectivity index (χ2n) is 6.09. The molecule has 1 N–H and O–H groups in total. The van der Waals surface area contributed by atoms with Gasteiger partial charge in [-0.3, -0.25) is 0 Å². The zero-order valence-electron chi connectivity index (χ0n) is 11.7. The molecule has 1 saturated carbocycles. The molecule has 1 heterocycles. The van der Waals surface area contributed by atoms with Crippen molar-refractivity contribution >= 4 is 17.3 Å². The first-order chi connectivity index (χ1) is 9.20. The maximum atomic E-state index is 6.45. The molecule has 0 radical (unpaired) electrons. The fraction of sp³-hybridized carbons (Fsp3) is 0.625. The molecular formula is C16H23ClN2. The summed E-state index contributed by atoms with van der Waals surface area (Å²) >= 11 is 6.45. The summed E-state index contributed by atoms with van der Waals surface area (Å²) in [6.45, 7) is 5.53. The van der Waals surface area contributed by atoms with E-state index in [0.29, 0.717) is 5.54 Å². The van der Waals surface area contributed by atoms with Crippen molar-refractivity contribution < 1.29 is 0 Å². The number of para-hydroxylation sites is 1. The van der Waals surface area contributed by atoms with Crippen molar-refractivity contribution in [1.82, 2.24) is 5.32 Å². The lowest BCUT2D eigenvalue weighted by Crippen LogP contribution is -2.49. The van der Waals surface area contributed by atoms with Crippen LogP contribution in [0, 0.1) is 6.92 Å². The van der Waals surface area contributed by atoms with E-state index in [9.17, 15) is 0 Å². The Bertz CT molecular complexity index is 432. The molecule has 1 aliphatic heterocycles. The molecule has 0 unspecified atom stereocenters. The van der Waals surface area contributed by atoms with Crippen LogP contribution < -0.4 is 10.2 Å². The molecule has 3 rings (SSSR count). The zero-order chi connectivity index (χ0) is 13.3. The van der Waals surface area contributed by atoms with Gasteiger partial charge in [0.1, 0.15) is 0 Å². The van der Waals surface area contributed by atoms with E-state index < -0.39 is 0 Å². The number of aryl methyl sites for hydroxylation is 1. The standard InChI is InChI=1S/C16H23ClN2/c1-13-6-4-7-14(17)15(13)19-11-5-10-18-16(12-19)8-2-3-9-16/h4,6-7,18H,2-3,5,8-12H2,1H3. The van der Waals surface area contributed by atoms with Crippen LogP contribution in [0.5, 0.6) is 0 Å². The molecule has 0 aromatic heterocycles. The summed E-state index contributed by atoms with van der Waals surface area (Å²) in [5.74, 6) is 0. The number of rotatable bonds is 1. The first kappa shape index (κ1) is 13.3. The average Bonchev–Trinajstić information content (AvgIpc) is 2.72. The fourth-order valence-corrected chi connectivity index (χ4v) is 4.07. The van der Waals surface area contributed by atoms with Crippen LogP contribution in [-0.2, 0) is 0 Å². The number of anilines is 1. The van der Waals surface area contributed by atoms with E-state index in [1.165, 1.54) is 43.4 Å². The highest BCUT2D eigenvalue weighted by Gasteiger charge is 2.37. The van der Waals surface area contributed by atoms with Gasteiger partial charge in [0.25, 0.3) is 0 Å². The van der Waals surface area contributed by atoms with Gasteiger partial charge in [0, 0.05) is 18.6 Å². The lowest BCUT2D eigenvalue weighted by atomic mass is 9.96. The molecule has 1 saturated heterocycles. The summed E-state index contributed by atoms with van der Waals surface area (Å²) in [5.41, 5.74) is 2.88. The molecule has 0 amide bonds. The van der Waals surface area contributed by atoms with Crippen molar-refractivity contribution in [2.45, 2.75) is 44.6 Å². The third kappa shape index (κ3) is 2.61. The Hall–Kier alpha value is -0.730. The molecule has 104 valence electrons. The third-order valence-electron chi connectivity index (χ3n) is 4.66. The number of hydrogen-bond acceptors (Lipinski definition) is 2. The molecule has 1 spiro atoms. The Morgan fingerprint density at radius 2 is 2.00 bits per heavy atom. The second-order valence-corrected chi connectivity index (χ2v) is 6.50. The first-order valence-electron chi connectivity index (χ1n) is 7.45. The molecule has 3 heteroatoms. The lowest BCUT2D eigenvalue weighted by Gasteiger charge is -2.35. The molecule has 1 aromatic carbocycles. The fourth-order valence-electron chi connectivity index (χ4n) is 3.72. The monoisotopic (exact) mass is 278 g/mol. The lowest BCUT2D eigenvalue weighted by molar-refractivity contribution is 0.354. The number of hydrogen-bond donors (Lipinski definition) is 1. The minimum atomic E-state index is 0.335. The van der Waals surface area contributed by atoms with Gasteiger partial charge in [-0.25, -0.2) is 0 Å². The van der Waals surface area contributed by atoms with Gasteiger partial charge < -0.3 is 10.2 Å². The molecular weight excluding hydrogens is 256 g/mol. The summed E-state index contributed by atoms with van der Waals surface area (Å²) in [4.78, 5) is 2.52. The van der Waals surface area contributed by atoms with Gasteiger partial charge in [-0.05, 0) is 44.4 Å². The van der Waals surface area contributed by atoms with Gasteiger partial charge in [0.05, 0.1) is 10.7 Å². The Morgan fingerprint density at radius 1 is 1.21 bits per heavy atom. The van der Waals surface area contributed by atoms with Crippen LogP contribution in [0.25, 0.3) is 0 Å². The SMILES string of the molecule is Cc1cccc(Cl)c1N1CCCNC2(CCCC2)C1. The number of benzene rings is 1. The molecule has 1 aromatic rings. The maximum absolute atomic E-state index is 6.45. The Morgan fingerprint density at radius 3 is 2.74 bits per heavy atom. The molecule has 2 fully saturated rings. The quantitative estimate of drug-likeness (QED) is 0.841. The van der Waals surface area contributed by atoms with E-state index in [2.05, 4.69) is 23.2 Å². The van der Waals surface area contributed by atoms with Crippen LogP contribution in [0.1, 0.15) is 37.7 Å². The Labute approximate surface area is 121 Å². The zero-order valence-corrected chi connectivity index (χ0v) is 12.5. The van der Waals surface area contributed by atoms with Crippen molar-refractivity contribution in [1.29, 1.82) is 0 Å². The van der Waals surface area contributed by atoms with Gasteiger partial charge >= 0.3 is 0 Å². The number of halogens is 1.